The van der Waals surface area contributed by atoms with Gasteiger partial charge in [-0.2, -0.15) is 0 Å². The van der Waals surface area contributed by atoms with E-state index in [1.807, 2.05) is 41.3 Å². The second-order valence-corrected chi connectivity index (χ2v) is 6.78. The van der Waals surface area contributed by atoms with E-state index in [0.29, 0.717) is 31.6 Å². The zero-order valence-electron chi connectivity index (χ0n) is 14.5. The summed E-state index contributed by atoms with van der Waals surface area (Å²) in [7, 11) is 0. The van der Waals surface area contributed by atoms with Crippen molar-refractivity contribution in [3.05, 3.63) is 59.8 Å². The highest BCUT2D eigenvalue weighted by Crippen LogP contribution is 2.38. The highest BCUT2D eigenvalue weighted by atomic mass is 19.1. The van der Waals surface area contributed by atoms with Gasteiger partial charge in [0.2, 0.25) is 0 Å². The quantitative estimate of drug-likeness (QED) is 0.733. The number of hydrogen-bond donors (Lipinski definition) is 2. The lowest BCUT2D eigenvalue weighted by molar-refractivity contribution is 0.0735. The number of carbonyl (C=O) groups is 1. The van der Waals surface area contributed by atoms with Gasteiger partial charge >= 0.3 is 0 Å². The van der Waals surface area contributed by atoms with E-state index in [-0.39, 0.29) is 12.5 Å². The summed E-state index contributed by atoms with van der Waals surface area (Å²) >= 11 is 0. The van der Waals surface area contributed by atoms with Crippen molar-refractivity contribution in [3.8, 4) is 11.1 Å². The Kier molecular flexibility index (Phi) is 4.47. The number of fused-ring (bicyclic) bond motifs is 5. The Hall–Kier alpha value is -2.66. The maximum atomic E-state index is 13.4. The Morgan fingerprint density at radius 3 is 2.77 bits per heavy atom. The molecule has 5 heteroatoms. The largest absolute Gasteiger partial charge is 0.350 e. The van der Waals surface area contributed by atoms with Crippen LogP contribution in [0.2, 0.25) is 0 Å². The van der Waals surface area contributed by atoms with Crippen molar-refractivity contribution in [2.24, 2.45) is 5.73 Å². The zero-order chi connectivity index (χ0) is 18.1. The van der Waals surface area contributed by atoms with Gasteiger partial charge in [-0.25, -0.2) is 4.39 Å². The minimum atomic E-state index is -1.01. The topological polar surface area (TPSA) is 62.1 Å². The first-order chi connectivity index (χ1) is 12.7. The van der Waals surface area contributed by atoms with Gasteiger partial charge in [0.25, 0.3) is 5.91 Å². The van der Waals surface area contributed by atoms with Crippen LogP contribution < -0.4 is 5.73 Å². The first kappa shape index (κ1) is 16.8. The molecular weight excluding hydrogens is 329 g/mol. The van der Waals surface area contributed by atoms with Crippen LogP contribution in [0.5, 0.6) is 0 Å². The van der Waals surface area contributed by atoms with Crippen LogP contribution >= 0.6 is 0 Å². The number of H-pyrrole nitrogens is 1. The summed E-state index contributed by atoms with van der Waals surface area (Å²) < 4.78 is 13.4. The smallest absolute Gasteiger partial charge is 0.271 e. The number of aromatic amines is 1. The van der Waals surface area contributed by atoms with Gasteiger partial charge in [-0.1, -0.05) is 42.5 Å². The van der Waals surface area contributed by atoms with Crippen molar-refractivity contribution in [2.75, 3.05) is 13.1 Å². The zero-order valence-corrected chi connectivity index (χ0v) is 14.5. The summed E-state index contributed by atoms with van der Waals surface area (Å²) in [5.41, 5.74) is 10.1. The summed E-state index contributed by atoms with van der Waals surface area (Å²) in [6.45, 7) is 1.08. The second-order valence-electron chi connectivity index (χ2n) is 6.78. The highest BCUT2D eigenvalue weighted by molar-refractivity contribution is 6.10. The number of carbonyl (C=O) groups excluding carboxylic acids is 1. The Balaban J connectivity index is 1.76. The number of halogens is 1. The molecule has 0 fully saturated rings. The van der Waals surface area contributed by atoms with Crippen molar-refractivity contribution in [3.63, 3.8) is 0 Å². The molecule has 1 aliphatic heterocycles. The summed E-state index contributed by atoms with van der Waals surface area (Å²) in [6.07, 6.45) is -0.0310. The predicted molar refractivity (Wildman–Crippen MR) is 102 cm³/mol. The molecule has 3 aromatic rings. The minimum Gasteiger partial charge on any atom is -0.350 e. The fourth-order valence-corrected chi connectivity index (χ4v) is 3.72. The van der Waals surface area contributed by atoms with Crippen molar-refractivity contribution >= 4 is 16.8 Å². The molecule has 26 heavy (non-hydrogen) atoms. The molecule has 0 bridgehead atoms. The molecule has 1 aliphatic rings. The third kappa shape index (κ3) is 2.88. The highest BCUT2D eigenvalue weighted by Gasteiger charge is 2.28. The molecule has 2 aromatic carbocycles. The SMILES string of the molecule is NCC(F)CCCN1Cc2ccccc2-c2c([nH]c3ccccc23)C1=O. The van der Waals surface area contributed by atoms with Crippen molar-refractivity contribution < 1.29 is 9.18 Å². The van der Waals surface area contributed by atoms with Crippen molar-refractivity contribution in [1.29, 1.82) is 0 Å². The summed E-state index contributed by atoms with van der Waals surface area (Å²) in [4.78, 5) is 18.3. The Bertz CT molecular complexity index is 949. The number of benzene rings is 2. The summed E-state index contributed by atoms with van der Waals surface area (Å²) in [5, 5.41) is 1.05. The molecule has 1 unspecified atom stereocenters. The summed E-state index contributed by atoms with van der Waals surface area (Å²) in [5.74, 6) is -0.0319. The first-order valence-corrected chi connectivity index (χ1v) is 9.01. The molecule has 2 heterocycles. The van der Waals surface area contributed by atoms with E-state index < -0.39 is 6.17 Å². The molecule has 3 N–H and O–H groups in total. The molecule has 4 rings (SSSR count). The van der Waals surface area contributed by atoms with Crippen LogP contribution in [0.4, 0.5) is 4.39 Å². The van der Waals surface area contributed by atoms with Gasteiger partial charge in [0.05, 0.1) is 0 Å². The lowest BCUT2D eigenvalue weighted by Crippen LogP contribution is -2.31. The molecule has 1 aromatic heterocycles. The number of para-hydroxylation sites is 1. The number of amides is 1. The average Bonchev–Trinajstić information content (AvgIpc) is 3.01. The Labute approximate surface area is 151 Å². The first-order valence-electron chi connectivity index (χ1n) is 9.01. The van der Waals surface area contributed by atoms with E-state index in [9.17, 15) is 9.18 Å². The van der Waals surface area contributed by atoms with Crippen LogP contribution in [0.15, 0.2) is 48.5 Å². The predicted octanol–water partition coefficient (Wildman–Crippen LogP) is 3.87. The molecule has 0 saturated heterocycles. The number of nitrogens with zero attached hydrogens (tertiary/aromatic N) is 1. The molecule has 1 atom stereocenters. The second kappa shape index (κ2) is 6.92. The molecule has 0 spiro atoms. The molecule has 4 nitrogen and oxygen atoms in total. The van der Waals surface area contributed by atoms with Crippen LogP contribution in [-0.2, 0) is 6.54 Å². The van der Waals surface area contributed by atoms with E-state index in [1.54, 1.807) is 0 Å². The van der Waals surface area contributed by atoms with E-state index in [0.717, 1.165) is 27.6 Å². The van der Waals surface area contributed by atoms with Crippen LogP contribution in [-0.4, -0.2) is 35.1 Å². The number of nitrogens with one attached hydrogen (secondary N) is 1. The standard InChI is InChI=1S/C21H22FN3O/c22-15(12-23)7-5-11-25-13-14-6-1-2-8-16(14)19-17-9-3-4-10-18(17)24-20(19)21(25)26/h1-4,6,8-10,15,24H,5,7,11-13,23H2. The maximum Gasteiger partial charge on any atom is 0.271 e. The number of nitrogens with two attached hydrogens (primary N) is 1. The van der Waals surface area contributed by atoms with Gasteiger partial charge in [0.1, 0.15) is 11.9 Å². The van der Waals surface area contributed by atoms with E-state index in [2.05, 4.69) is 17.1 Å². The van der Waals surface area contributed by atoms with Crippen molar-refractivity contribution in [2.45, 2.75) is 25.6 Å². The lowest BCUT2D eigenvalue weighted by Gasteiger charge is -2.21. The molecule has 1 amide bonds. The average molecular weight is 351 g/mol. The fraction of sp³-hybridized carbons (Fsp3) is 0.286. The number of alkyl halides is 1. The third-order valence-electron chi connectivity index (χ3n) is 5.06. The van der Waals surface area contributed by atoms with Gasteiger partial charge in [-0.3, -0.25) is 4.79 Å². The van der Waals surface area contributed by atoms with Crippen LogP contribution in [0, 0.1) is 0 Å². The lowest BCUT2D eigenvalue weighted by atomic mass is 9.98. The normalized spacial score (nSPS) is 14.8. The van der Waals surface area contributed by atoms with Crippen LogP contribution in [0.1, 0.15) is 28.9 Å². The van der Waals surface area contributed by atoms with Crippen molar-refractivity contribution in [1.82, 2.24) is 9.88 Å². The van der Waals surface area contributed by atoms with Crippen LogP contribution in [0.25, 0.3) is 22.0 Å². The third-order valence-corrected chi connectivity index (χ3v) is 5.06. The van der Waals surface area contributed by atoms with Gasteiger partial charge in [-0.05, 0) is 30.0 Å². The number of hydrogen-bond acceptors (Lipinski definition) is 2. The number of aromatic nitrogens is 1. The van der Waals surface area contributed by atoms with E-state index in [4.69, 9.17) is 5.73 Å². The van der Waals surface area contributed by atoms with E-state index >= 15 is 0 Å². The summed E-state index contributed by atoms with van der Waals surface area (Å²) in [6, 6.07) is 16.1. The fourth-order valence-electron chi connectivity index (χ4n) is 3.72. The maximum absolute atomic E-state index is 13.4. The molecule has 0 radical (unpaired) electrons. The Morgan fingerprint density at radius 2 is 1.92 bits per heavy atom. The monoisotopic (exact) mass is 351 g/mol. The van der Waals surface area contributed by atoms with Gasteiger partial charge in [0, 0.05) is 36.1 Å². The molecule has 0 saturated carbocycles. The Morgan fingerprint density at radius 1 is 1.15 bits per heavy atom. The van der Waals surface area contributed by atoms with Gasteiger partial charge in [-0.15, -0.1) is 0 Å². The molecular formula is C21H22FN3O. The van der Waals surface area contributed by atoms with E-state index in [1.165, 1.54) is 0 Å². The van der Waals surface area contributed by atoms with Gasteiger partial charge in [0.15, 0.2) is 0 Å². The molecule has 0 aliphatic carbocycles. The minimum absolute atomic E-state index is 0.0307. The molecule has 134 valence electrons. The van der Waals surface area contributed by atoms with Crippen LogP contribution in [0.3, 0.4) is 0 Å². The number of rotatable bonds is 5. The van der Waals surface area contributed by atoms with Gasteiger partial charge < -0.3 is 15.6 Å².